The van der Waals surface area contributed by atoms with E-state index in [0.29, 0.717) is 24.4 Å². The molecule has 1 unspecified atom stereocenters. The molecule has 28 heavy (non-hydrogen) atoms. The highest BCUT2D eigenvalue weighted by Crippen LogP contribution is 2.24. The molecule has 0 radical (unpaired) electrons. The average molecular weight is 425 g/mol. The molecule has 1 heterocycles. The summed E-state index contributed by atoms with van der Waals surface area (Å²) in [7, 11) is 0. The molecule has 2 rings (SSSR count). The van der Waals surface area contributed by atoms with E-state index in [9.17, 15) is 22.8 Å². The van der Waals surface area contributed by atoms with Gasteiger partial charge in [-0.1, -0.05) is 0 Å². The number of nitrogens with two attached hydrogens (primary N) is 1. The Hall–Kier alpha value is -2.04. The summed E-state index contributed by atoms with van der Waals surface area (Å²) >= 11 is 0. The maximum absolute atomic E-state index is 13.2. The van der Waals surface area contributed by atoms with E-state index in [2.05, 4.69) is 10.6 Å². The lowest BCUT2D eigenvalue weighted by atomic mass is 10.2. The van der Waals surface area contributed by atoms with Crippen molar-refractivity contribution >= 4 is 24.2 Å². The Morgan fingerprint density at radius 2 is 1.82 bits per heavy atom. The van der Waals surface area contributed by atoms with E-state index in [1.54, 1.807) is 0 Å². The quantitative estimate of drug-likeness (QED) is 0.577. The van der Waals surface area contributed by atoms with Crippen molar-refractivity contribution in [2.24, 2.45) is 5.73 Å². The Balaban J connectivity index is 0.00000392. The molecule has 1 fully saturated rings. The molecule has 0 spiro atoms. The molecule has 0 bridgehead atoms. The number of amides is 2. The highest BCUT2D eigenvalue weighted by molar-refractivity contribution is 5.92. The summed E-state index contributed by atoms with van der Waals surface area (Å²) in [5.74, 6) is -0.653. The van der Waals surface area contributed by atoms with E-state index >= 15 is 0 Å². The van der Waals surface area contributed by atoms with Gasteiger partial charge in [0.15, 0.2) is 0 Å². The maximum Gasteiger partial charge on any atom is 0.405 e. The van der Waals surface area contributed by atoms with Crippen LogP contribution in [0.3, 0.4) is 0 Å². The first-order valence-electron chi connectivity index (χ1n) is 8.58. The monoisotopic (exact) mass is 424 g/mol. The van der Waals surface area contributed by atoms with Gasteiger partial charge in [0.25, 0.3) is 0 Å². The molecule has 1 aromatic rings. The van der Waals surface area contributed by atoms with Crippen LogP contribution in [0, 0.1) is 0 Å². The van der Waals surface area contributed by atoms with Crippen molar-refractivity contribution in [2.75, 3.05) is 39.3 Å². The van der Waals surface area contributed by atoms with Crippen molar-refractivity contribution in [1.29, 1.82) is 0 Å². The number of carbonyl (C=O) groups excluding carboxylic acids is 2. The number of rotatable bonds is 8. The van der Waals surface area contributed by atoms with Crippen molar-refractivity contribution in [3.8, 4) is 5.75 Å². The summed E-state index contributed by atoms with van der Waals surface area (Å²) in [6.07, 6.45) is -4.49. The second-order valence-corrected chi connectivity index (χ2v) is 6.13. The fraction of sp³-hybridized carbons (Fsp3) is 0.529. The predicted octanol–water partition coefficient (Wildman–Crippen LogP) is 0.928. The zero-order valence-corrected chi connectivity index (χ0v) is 15.9. The third-order valence-corrected chi connectivity index (χ3v) is 4.20. The van der Waals surface area contributed by atoms with Crippen LogP contribution in [0.2, 0.25) is 0 Å². The Bertz CT molecular complexity index is 638. The molecule has 158 valence electrons. The predicted molar refractivity (Wildman–Crippen MR) is 99.6 cm³/mol. The number of primary amides is 1. The SMILES string of the molecule is Cl.NC(=O)c1ccc(OCCC(=O)NCC(N2CCNCC2)C(F)(F)F)cc1. The summed E-state index contributed by atoms with van der Waals surface area (Å²) in [5.41, 5.74) is 5.45. The van der Waals surface area contributed by atoms with Crippen LogP contribution < -0.4 is 21.1 Å². The number of ether oxygens (including phenoxy) is 1. The third-order valence-electron chi connectivity index (χ3n) is 4.20. The summed E-state index contributed by atoms with van der Waals surface area (Å²) in [5, 5.41) is 5.34. The van der Waals surface area contributed by atoms with E-state index in [1.807, 2.05) is 0 Å². The largest absolute Gasteiger partial charge is 0.493 e. The van der Waals surface area contributed by atoms with Gasteiger partial charge in [0.1, 0.15) is 11.8 Å². The van der Waals surface area contributed by atoms with Gasteiger partial charge in [-0.2, -0.15) is 13.2 Å². The minimum atomic E-state index is -4.41. The lowest BCUT2D eigenvalue weighted by Crippen LogP contribution is -2.57. The summed E-state index contributed by atoms with van der Waals surface area (Å²) in [6.45, 7) is 1.06. The summed E-state index contributed by atoms with van der Waals surface area (Å²) in [4.78, 5) is 24.1. The lowest BCUT2D eigenvalue weighted by Gasteiger charge is -2.35. The minimum absolute atomic E-state index is 0. The van der Waals surface area contributed by atoms with Crippen LogP contribution in [0.5, 0.6) is 5.75 Å². The van der Waals surface area contributed by atoms with Gasteiger partial charge in [-0.05, 0) is 24.3 Å². The number of piperazine rings is 1. The number of hydrogen-bond donors (Lipinski definition) is 3. The molecule has 4 N–H and O–H groups in total. The average Bonchev–Trinajstić information content (AvgIpc) is 2.62. The van der Waals surface area contributed by atoms with Gasteiger partial charge >= 0.3 is 6.18 Å². The normalized spacial score (nSPS) is 16.0. The Morgan fingerprint density at radius 1 is 1.21 bits per heavy atom. The molecule has 11 heteroatoms. The first-order chi connectivity index (χ1) is 12.8. The highest BCUT2D eigenvalue weighted by Gasteiger charge is 2.43. The van der Waals surface area contributed by atoms with Gasteiger partial charge in [0.2, 0.25) is 11.8 Å². The standard InChI is InChI=1S/C17H23F3N4O3.ClH/c18-17(19,20)14(24-8-6-22-7-9-24)11-23-15(25)5-10-27-13-3-1-12(2-4-13)16(21)26;/h1-4,14,22H,5-11H2,(H2,21,26)(H,23,25);1H. The van der Waals surface area contributed by atoms with E-state index in [4.69, 9.17) is 10.5 Å². The number of nitrogens with one attached hydrogen (secondary N) is 2. The number of halogens is 4. The lowest BCUT2D eigenvalue weighted by molar-refractivity contribution is -0.184. The van der Waals surface area contributed by atoms with Crippen molar-refractivity contribution in [2.45, 2.75) is 18.6 Å². The maximum atomic E-state index is 13.2. The summed E-state index contributed by atoms with van der Waals surface area (Å²) < 4.78 is 45.1. The molecule has 1 aromatic carbocycles. The van der Waals surface area contributed by atoms with Crippen LogP contribution in [0.25, 0.3) is 0 Å². The number of hydrogen-bond acceptors (Lipinski definition) is 5. The van der Waals surface area contributed by atoms with Crippen LogP contribution in [0.15, 0.2) is 24.3 Å². The third kappa shape index (κ3) is 7.53. The number of nitrogens with zero attached hydrogens (tertiary/aromatic N) is 1. The van der Waals surface area contributed by atoms with Crippen LogP contribution in [-0.2, 0) is 4.79 Å². The number of carbonyl (C=O) groups is 2. The zero-order valence-electron chi connectivity index (χ0n) is 15.1. The molecule has 7 nitrogen and oxygen atoms in total. The number of benzene rings is 1. The van der Waals surface area contributed by atoms with E-state index in [0.717, 1.165) is 0 Å². The smallest absolute Gasteiger partial charge is 0.405 e. The van der Waals surface area contributed by atoms with Crippen molar-refractivity contribution in [1.82, 2.24) is 15.5 Å². The molecule has 1 aliphatic heterocycles. The fourth-order valence-corrected chi connectivity index (χ4v) is 2.72. The van der Waals surface area contributed by atoms with Gasteiger partial charge in [-0.3, -0.25) is 14.5 Å². The molecule has 1 atom stereocenters. The molecular formula is C17H24ClF3N4O3. The molecular weight excluding hydrogens is 401 g/mol. The molecule has 0 aromatic heterocycles. The molecule has 1 aliphatic rings. The van der Waals surface area contributed by atoms with Gasteiger partial charge in [0, 0.05) is 38.3 Å². The molecule has 0 aliphatic carbocycles. The Morgan fingerprint density at radius 3 is 2.36 bits per heavy atom. The number of alkyl halides is 3. The van der Waals surface area contributed by atoms with Gasteiger partial charge in [0.05, 0.1) is 13.0 Å². The Labute approximate surface area is 167 Å². The van der Waals surface area contributed by atoms with Crippen LogP contribution in [-0.4, -0.2) is 68.3 Å². The van der Waals surface area contributed by atoms with Crippen molar-refractivity contribution in [3.05, 3.63) is 29.8 Å². The summed E-state index contributed by atoms with van der Waals surface area (Å²) in [6, 6.07) is 4.33. The van der Waals surface area contributed by atoms with E-state index < -0.39 is 30.6 Å². The second-order valence-electron chi connectivity index (χ2n) is 6.13. The topological polar surface area (TPSA) is 96.7 Å². The second kappa shape index (κ2) is 11.1. The minimum Gasteiger partial charge on any atom is -0.493 e. The van der Waals surface area contributed by atoms with Gasteiger partial charge in [-0.15, -0.1) is 12.4 Å². The zero-order chi connectivity index (χ0) is 19.9. The first kappa shape index (κ1) is 24.0. The van der Waals surface area contributed by atoms with Crippen molar-refractivity contribution in [3.63, 3.8) is 0 Å². The molecule has 1 saturated heterocycles. The fourth-order valence-electron chi connectivity index (χ4n) is 2.72. The van der Waals surface area contributed by atoms with E-state index in [-0.39, 0.29) is 38.5 Å². The van der Waals surface area contributed by atoms with Gasteiger partial charge in [-0.25, -0.2) is 0 Å². The molecule has 0 saturated carbocycles. The van der Waals surface area contributed by atoms with Crippen LogP contribution in [0.4, 0.5) is 13.2 Å². The Kier molecular flexibility index (Phi) is 9.50. The van der Waals surface area contributed by atoms with E-state index in [1.165, 1.54) is 29.2 Å². The van der Waals surface area contributed by atoms with Crippen molar-refractivity contribution < 1.29 is 27.5 Å². The molecule has 2 amide bonds. The first-order valence-corrected chi connectivity index (χ1v) is 8.58. The van der Waals surface area contributed by atoms with Crippen LogP contribution >= 0.6 is 12.4 Å². The van der Waals surface area contributed by atoms with Gasteiger partial charge < -0.3 is 21.1 Å². The highest BCUT2D eigenvalue weighted by atomic mass is 35.5. The van der Waals surface area contributed by atoms with Crippen LogP contribution in [0.1, 0.15) is 16.8 Å².